The van der Waals surface area contributed by atoms with E-state index in [9.17, 15) is 18.0 Å². The fourth-order valence-electron chi connectivity index (χ4n) is 2.70. The number of benzene rings is 2. The zero-order chi connectivity index (χ0) is 20.4. The minimum absolute atomic E-state index is 0.314. The fraction of sp³-hybridized carbons (Fsp3) is 0.263. The summed E-state index contributed by atoms with van der Waals surface area (Å²) in [6.45, 7) is 5.17. The van der Waals surface area contributed by atoms with E-state index in [4.69, 9.17) is 5.73 Å². The van der Waals surface area contributed by atoms with Gasteiger partial charge in [-0.25, -0.2) is 8.42 Å². The van der Waals surface area contributed by atoms with Crippen molar-refractivity contribution in [2.75, 3.05) is 15.9 Å². The minimum atomic E-state index is -3.70. The molecule has 8 heteroatoms. The van der Waals surface area contributed by atoms with Gasteiger partial charge in [-0.3, -0.25) is 13.9 Å². The zero-order valence-electron chi connectivity index (χ0n) is 15.7. The van der Waals surface area contributed by atoms with Crippen molar-refractivity contribution in [1.29, 1.82) is 0 Å². The quantitative estimate of drug-likeness (QED) is 0.789. The Morgan fingerprint density at radius 2 is 1.67 bits per heavy atom. The molecule has 0 unspecified atom stereocenters. The molecular formula is C19H23N3O4S. The number of primary amides is 1. The summed E-state index contributed by atoms with van der Waals surface area (Å²) in [6, 6.07) is 10.5. The second-order valence-corrected chi connectivity index (χ2v) is 8.32. The Kier molecular flexibility index (Phi) is 5.90. The SMILES string of the molecule is Cc1ccc(C)c(N([C@H](C)C(=O)Nc2ccc(C(N)=O)cc2)S(C)(=O)=O)c1. The number of carbonyl (C=O) groups excluding carboxylic acids is 2. The molecule has 144 valence electrons. The summed E-state index contributed by atoms with van der Waals surface area (Å²) in [5, 5.41) is 2.67. The lowest BCUT2D eigenvalue weighted by Gasteiger charge is -2.29. The molecule has 27 heavy (non-hydrogen) atoms. The van der Waals surface area contributed by atoms with Crippen LogP contribution in [0.25, 0.3) is 0 Å². The van der Waals surface area contributed by atoms with E-state index in [1.807, 2.05) is 19.1 Å². The van der Waals surface area contributed by atoms with Crippen molar-refractivity contribution in [2.24, 2.45) is 5.73 Å². The standard InChI is InChI=1S/C19H23N3O4S/c1-12-5-6-13(2)17(11-12)22(27(4,25)26)14(3)19(24)21-16-9-7-15(8-10-16)18(20)23/h5-11,14H,1-4H3,(H2,20,23)(H,21,24)/t14-/m1/s1. The first-order chi connectivity index (χ1) is 12.5. The van der Waals surface area contributed by atoms with Crippen molar-refractivity contribution in [3.05, 3.63) is 59.2 Å². The molecule has 0 spiro atoms. The third-order valence-corrected chi connectivity index (χ3v) is 5.36. The molecule has 0 saturated heterocycles. The Bertz CT molecular complexity index is 969. The van der Waals surface area contributed by atoms with Crippen molar-refractivity contribution < 1.29 is 18.0 Å². The second-order valence-electron chi connectivity index (χ2n) is 6.46. The van der Waals surface area contributed by atoms with Crippen molar-refractivity contribution in [3.8, 4) is 0 Å². The third-order valence-electron chi connectivity index (χ3n) is 4.13. The van der Waals surface area contributed by atoms with Crippen LogP contribution in [0.4, 0.5) is 11.4 Å². The van der Waals surface area contributed by atoms with E-state index in [0.717, 1.165) is 21.7 Å². The molecule has 0 heterocycles. The van der Waals surface area contributed by atoms with Gasteiger partial charge in [0.15, 0.2) is 0 Å². The van der Waals surface area contributed by atoms with Gasteiger partial charge in [-0.2, -0.15) is 0 Å². The Labute approximate surface area is 159 Å². The minimum Gasteiger partial charge on any atom is -0.366 e. The monoisotopic (exact) mass is 389 g/mol. The summed E-state index contributed by atoms with van der Waals surface area (Å²) in [7, 11) is -3.70. The van der Waals surface area contributed by atoms with Crippen LogP contribution in [-0.4, -0.2) is 32.5 Å². The van der Waals surface area contributed by atoms with E-state index in [1.165, 1.54) is 31.2 Å². The predicted octanol–water partition coefficient (Wildman–Crippen LogP) is 2.20. The molecule has 0 aromatic heterocycles. The maximum Gasteiger partial charge on any atom is 0.248 e. The fourth-order valence-corrected chi connectivity index (χ4v) is 3.93. The molecule has 0 aliphatic rings. The smallest absolute Gasteiger partial charge is 0.248 e. The van der Waals surface area contributed by atoms with Crippen molar-refractivity contribution in [3.63, 3.8) is 0 Å². The van der Waals surface area contributed by atoms with E-state index < -0.39 is 27.9 Å². The Morgan fingerprint density at radius 1 is 1.07 bits per heavy atom. The van der Waals surface area contributed by atoms with Crippen molar-refractivity contribution in [2.45, 2.75) is 26.8 Å². The highest BCUT2D eigenvalue weighted by molar-refractivity contribution is 7.92. The molecule has 2 amide bonds. The Hall–Kier alpha value is -2.87. The van der Waals surface area contributed by atoms with Crippen LogP contribution in [0.2, 0.25) is 0 Å². The van der Waals surface area contributed by atoms with Crippen LogP contribution >= 0.6 is 0 Å². The van der Waals surface area contributed by atoms with Crippen LogP contribution < -0.4 is 15.4 Å². The average Bonchev–Trinajstić information content (AvgIpc) is 2.57. The van der Waals surface area contributed by atoms with Gasteiger partial charge in [0, 0.05) is 11.3 Å². The third kappa shape index (κ3) is 4.85. The summed E-state index contributed by atoms with van der Waals surface area (Å²) in [4.78, 5) is 23.8. The Balaban J connectivity index is 2.32. The number of carbonyl (C=O) groups is 2. The van der Waals surface area contributed by atoms with Crippen molar-refractivity contribution in [1.82, 2.24) is 0 Å². The molecular weight excluding hydrogens is 366 g/mol. The van der Waals surface area contributed by atoms with Crippen LogP contribution in [0.15, 0.2) is 42.5 Å². The van der Waals surface area contributed by atoms with E-state index >= 15 is 0 Å². The highest BCUT2D eigenvalue weighted by atomic mass is 32.2. The molecule has 2 aromatic rings. The topological polar surface area (TPSA) is 110 Å². The first-order valence-corrected chi connectivity index (χ1v) is 10.1. The van der Waals surface area contributed by atoms with Crippen molar-refractivity contribution >= 4 is 33.2 Å². The number of anilines is 2. The van der Waals surface area contributed by atoms with E-state index in [-0.39, 0.29) is 0 Å². The maximum absolute atomic E-state index is 12.7. The summed E-state index contributed by atoms with van der Waals surface area (Å²) >= 11 is 0. The van der Waals surface area contributed by atoms with Crippen LogP contribution in [0.3, 0.4) is 0 Å². The lowest BCUT2D eigenvalue weighted by atomic mass is 10.1. The number of nitrogens with zero attached hydrogens (tertiary/aromatic N) is 1. The molecule has 0 radical (unpaired) electrons. The summed E-state index contributed by atoms with van der Waals surface area (Å²) < 4.78 is 25.9. The van der Waals surface area contributed by atoms with E-state index in [1.54, 1.807) is 13.0 Å². The number of aryl methyl sites for hydroxylation is 2. The lowest BCUT2D eigenvalue weighted by molar-refractivity contribution is -0.116. The van der Waals surface area contributed by atoms with Gasteiger partial charge in [0.1, 0.15) is 6.04 Å². The number of rotatable bonds is 6. The second kappa shape index (κ2) is 7.79. The van der Waals surface area contributed by atoms with Crippen LogP contribution in [0, 0.1) is 13.8 Å². The van der Waals surface area contributed by atoms with Gasteiger partial charge in [-0.05, 0) is 62.2 Å². The summed E-state index contributed by atoms with van der Waals surface area (Å²) in [6.07, 6.45) is 1.07. The first-order valence-electron chi connectivity index (χ1n) is 8.28. The largest absolute Gasteiger partial charge is 0.366 e. The number of amides is 2. The Morgan fingerprint density at radius 3 is 2.19 bits per heavy atom. The maximum atomic E-state index is 12.7. The van der Waals surface area contributed by atoms with Gasteiger partial charge >= 0.3 is 0 Å². The number of sulfonamides is 1. The molecule has 2 aromatic carbocycles. The highest BCUT2D eigenvalue weighted by Crippen LogP contribution is 2.26. The lowest BCUT2D eigenvalue weighted by Crippen LogP contribution is -2.45. The number of nitrogens with one attached hydrogen (secondary N) is 1. The molecule has 1 atom stereocenters. The highest BCUT2D eigenvalue weighted by Gasteiger charge is 2.30. The molecule has 0 fully saturated rings. The average molecular weight is 389 g/mol. The summed E-state index contributed by atoms with van der Waals surface area (Å²) in [5.41, 5.74) is 8.04. The van der Waals surface area contributed by atoms with E-state index in [0.29, 0.717) is 16.9 Å². The number of hydrogen-bond donors (Lipinski definition) is 2. The molecule has 2 rings (SSSR count). The van der Waals surface area contributed by atoms with Gasteiger partial charge in [-0.1, -0.05) is 12.1 Å². The molecule has 3 N–H and O–H groups in total. The summed E-state index contributed by atoms with van der Waals surface area (Å²) in [5.74, 6) is -1.06. The molecule has 0 bridgehead atoms. The van der Waals surface area contributed by atoms with Crippen LogP contribution in [0.5, 0.6) is 0 Å². The molecule has 0 aliphatic carbocycles. The molecule has 0 saturated carbocycles. The number of hydrogen-bond acceptors (Lipinski definition) is 4. The van der Waals surface area contributed by atoms with Gasteiger partial charge in [0.25, 0.3) is 0 Å². The van der Waals surface area contributed by atoms with Crippen LogP contribution in [-0.2, 0) is 14.8 Å². The predicted molar refractivity (Wildman–Crippen MR) is 106 cm³/mol. The first kappa shape index (κ1) is 20.4. The van der Waals surface area contributed by atoms with Gasteiger partial charge in [0.05, 0.1) is 11.9 Å². The van der Waals surface area contributed by atoms with Crippen LogP contribution in [0.1, 0.15) is 28.4 Å². The van der Waals surface area contributed by atoms with Gasteiger partial charge < -0.3 is 11.1 Å². The van der Waals surface area contributed by atoms with Gasteiger partial charge in [-0.15, -0.1) is 0 Å². The molecule has 0 aliphatic heterocycles. The van der Waals surface area contributed by atoms with Gasteiger partial charge in [0.2, 0.25) is 21.8 Å². The zero-order valence-corrected chi connectivity index (χ0v) is 16.5. The van der Waals surface area contributed by atoms with E-state index in [2.05, 4.69) is 5.32 Å². The number of nitrogens with two attached hydrogens (primary N) is 1. The normalized spacial score (nSPS) is 12.3. The molecule has 7 nitrogen and oxygen atoms in total.